The van der Waals surface area contributed by atoms with Crippen LogP contribution in [0.2, 0.25) is 0 Å². The van der Waals surface area contributed by atoms with Crippen molar-refractivity contribution in [2.24, 2.45) is 0 Å². The minimum Gasteiger partial charge on any atom is -0.348 e. The topological polar surface area (TPSA) is 38.4 Å². The fraction of sp³-hybridized carbons (Fsp3) is 1.00. The minimum absolute atomic E-state index is 0.278. The molecule has 1 aliphatic heterocycles. The van der Waals surface area contributed by atoms with Crippen molar-refractivity contribution >= 4 is 0 Å². The Hall–Kier alpha value is -0.120. The van der Waals surface area contributed by atoms with Gasteiger partial charge in [-0.25, -0.2) is 5.11 Å². The van der Waals surface area contributed by atoms with Crippen LogP contribution in [0.4, 0.5) is 0 Å². The zero-order valence-corrected chi connectivity index (χ0v) is 3.92. The Bertz CT molecular complexity index is 48.9. The zero-order valence-electron chi connectivity index (χ0n) is 3.92. The summed E-state index contributed by atoms with van der Waals surface area (Å²) in [6.07, 6.45) is -0.458. The first-order chi connectivity index (χ1) is 3.43. The first-order valence-electron chi connectivity index (χ1n) is 2.25. The molecule has 1 fully saturated rings. The first-order valence-corrected chi connectivity index (χ1v) is 2.25. The van der Waals surface area contributed by atoms with Crippen molar-refractivity contribution in [3.8, 4) is 0 Å². The minimum atomic E-state index is -0.458. The smallest absolute Gasteiger partial charge is 0.184 e. The van der Waals surface area contributed by atoms with Gasteiger partial charge in [0.15, 0.2) is 6.29 Å². The summed E-state index contributed by atoms with van der Waals surface area (Å²) in [6, 6.07) is 0. The van der Waals surface area contributed by atoms with Crippen LogP contribution in [0.5, 0.6) is 0 Å². The number of ether oxygens (including phenoxy) is 2. The molecule has 0 bridgehead atoms. The third-order valence-electron chi connectivity index (χ3n) is 0.827. The highest BCUT2D eigenvalue weighted by Gasteiger charge is 2.13. The molecule has 7 heavy (non-hydrogen) atoms. The van der Waals surface area contributed by atoms with Crippen LogP contribution in [0, 0.1) is 0 Å². The van der Waals surface area contributed by atoms with Gasteiger partial charge in [-0.05, 0) is 0 Å². The fourth-order valence-electron chi connectivity index (χ4n) is 0.503. The maximum atomic E-state index is 9.88. The molecule has 1 saturated heterocycles. The Kier molecular flexibility index (Phi) is 1.62. The molecule has 0 aromatic rings. The standard InChI is InChI=1S/C4H7O3/c5-3-4-6-1-2-7-4/h4H,1-3H2. The maximum Gasteiger partial charge on any atom is 0.184 e. The molecule has 0 aliphatic carbocycles. The lowest BCUT2D eigenvalue weighted by Gasteiger charge is -1.99. The van der Waals surface area contributed by atoms with E-state index < -0.39 is 6.29 Å². The molecule has 0 unspecified atom stereocenters. The average molecular weight is 103 g/mol. The Balaban J connectivity index is 2.14. The van der Waals surface area contributed by atoms with Crippen LogP contribution in [0.15, 0.2) is 0 Å². The van der Waals surface area contributed by atoms with E-state index in [1.165, 1.54) is 0 Å². The number of hydrogen-bond donors (Lipinski definition) is 0. The van der Waals surface area contributed by atoms with Crippen molar-refractivity contribution in [3.63, 3.8) is 0 Å². The summed E-state index contributed by atoms with van der Waals surface area (Å²) in [5.74, 6) is 0. The van der Waals surface area contributed by atoms with Gasteiger partial charge in [0.1, 0.15) is 6.61 Å². The van der Waals surface area contributed by atoms with Crippen LogP contribution >= 0.6 is 0 Å². The van der Waals surface area contributed by atoms with Gasteiger partial charge in [-0.3, -0.25) is 0 Å². The first kappa shape index (κ1) is 5.03. The molecule has 1 aliphatic rings. The van der Waals surface area contributed by atoms with Gasteiger partial charge >= 0.3 is 0 Å². The second-order valence-electron chi connectivity index (χ2n) is 1.34. The summed E-state index contributed by atoms with van der Waals surface area (Å²) in [6.45, 7) is 0.875. The summed E-state index contributed by atoms with van der Waals surface area (Å²) in [5, 5.41) is 9.88. The predicted octanol–water partition coefficient (Wildman–Crippen LogP) is -0.210. The summed E-state index contributed by atoms with van der Waals surface area (Å²) in [4.78, 5) is 0. The van der Waals surface area contributed by atoms with Gasteiger partial charge in [0.05, 0.1) is 13.2 Å². The summed E-state index contributed by atoms with van der Waals surface area (Å²) >= 11 is 0. The monoisotopic (exact) mass is 103 g/mol. The Labute approximate surface area is 41.8 Å². The third-order valence-corrected chi connectivity index (χ3v) is 0.827. The lowest BCUT2D eigenvalue weighted by Crippen LogP contribution is -2.10. The molecule has 3 nitrogen and oxygen atoms in total. The molecule has 0 aromatic carbocycles. The molecule has 1 rings (SSSR count). The SMILES string of the molecule is [O]CC1OCCO1. The second-order valence-corrected chi connectivity index (χ2v) is 1.34. The molecule has 0 aromatic heterocycles. The zero-order chi connectivity index (χ0) is 5.11. The third kappa shape index (κ3) is 1.12. The molecule has 1 heterocycles. The average Bonchev–Trinajstić information content (AvgIpc) is 2.14. The van der Waals surface area contributed by atoms with Crippen LogP contribution in [0.25, 0.3) is 0 Å². The summed E-state index contributed by atoms with van der Waals surface area (Å²) in [7, 11) is 0. The van der Waals surface area contributed by atoms with E-state index in [-0.39, 0.29) is 6.61 Å². The lowest BCUT2D eigenvalue weighted by atomic mass is 10.7. The molecule has 41 valence electrons. The van der Waals surface area contributed by atoms with Gasteiger partial charge in [-0.2, -0.15) is 0 Å². The fourth-order valence-corrected chi connectivity index (χ4v) is 0.503. The van der Waals surface area contributed by atoms with Crippen molar-refractivity contribution in [1.82, 2.24) is 0 Å². The van der Waals surface area contributed by atoms with E-state index >= 15 is 0 Å². The largest absolute Gasteiger partial charge is 0.348 e. The van der Waals surface area contributed by atoms with E-state index in [0.717, 1.165) is 0 Å². The molecule has 0 N–H and O–H groups in total. The molecule has 0 atom stereocenters. The Morgan fingerprint density at radius 1 is 1.43 bits per heavy atom. The van der Waals surface area contributed by atoms with Crippen molar-refractivity contribution in [1.29, 1.82) is 0 Å². The molecule has 0 saturated carbocycles. The van der Waals surface area contributed by atoms with Crippen LogP contribution in [0.1, 0.15) is 0 Å². The van der Waals surface area contributed by atoms with Crippen LogP contribution in [0.3, 0.4) is 0 Å². The normalized spacial score (nSPS) is 23.6. The quantitative estimate of drug-likeness (QED) is 0.460. The van der Waals surface area contributed by atoms with Gasteiger partial charge in [0.25, 0.3) is 0 Å². The van der Waals surface area contributed by atoms with Gasteiger partial charge in [0.2, 0.25) is 0 Å². The molecular formula is C4H7O3. The highest BCUT2D eigenvalue weighted by molar-refractivity contribution is 4.46. The van der Waals surface area contributed by atoms with Crippen molar-refractivity contribution in [3.05, 3.63) is 0 Å². The van der Waals surface area contributed by atoms with Gasteiger partial charge in [0, 0.05) is 0 Å². The van der Waals surface area contributed by atoms with Crippen molar-refractivity contribution in [2.45, 2.75) is 6.29 Å². The van der Waals surface area contributed by atoms with E-state index in [4.69, 9.17) is 9.47 Å². The molecule has 3 heteroatoms. The van der Waals surface area contributed by atoms with Gasteiger partial charge in [-0.15, -0.1) is 0 Å². The highest BCUT2D eigenvalue weighted by atomic mass is 16.7. The Morgan fingerprint density at radius 2 is 2.00 bits per heavy atom. The van der Waals surface area contributed by atoms with E-state index in [1.54, 1.807) is 0 Å². The molecule has 1 radical (unpaired) electrons. The molecule has 0 amide bonds. The van der Waals surface area contributed by atoms with E-state index in [9.17, 15) is 5.11 Å². The maximum absolute atomic E-state index is 9.88. The number of hydrogen-bond acceptors (Lipinski definition) is 2. The summed E-state index contributed by atoms with van der Waals surface area (Å²) < 4.78 is 9.53. The van der Waals surface area contributed by atoms with E-state index in [1.807, 2.05) is 0 Å². The molecular weight excluding hydrogens is 96.0 g/mol. The highest BCUT2D eigenvalue weighted by Crippen LogP contribution is 2.00. The number of rotatable bonds is 1. The molecule has 0 spiro atoms. The van der Waals surface area contributed by atoms with E-state index in [2.05, 4.69) is 0 Å². The van der Waals surface area contributed by atoms with Gasteiger partial charge in [-0.1, -0.05) is 0 Å². The summed E-state index contributed by atoms with van der Waals surface area (Å²) in [5.41, 5.74) is 0. The van der Waals surface area contributed by atoms with Crippen molar-refractivity contribution in [2.75, 3.05) is 19.8 Å². The van der Waals surface area contributed by atoms with Crippen LogP contribution in [-0.2, 0) is 14.6 Å². The van der Waals surface area contributed by atoms with Crippen molar-refractivity contribution < 1.29 is 14.6 Å². The second kappa shape index (κ2) is 2.26. The van der Waals surface area contributed by atoms with Gasteiger partial charge < -0.3 is 9.47 Å². The Morgan fingerprint density at radius 3 is 2.29 bits per heavy atom. The van der Waals surface area contributed by atoms with Crippen LogP contribution < -0.4 is 0 Å². The van der Waals surface area contributed by atoms with Crippen LogP contribution in [-0.4, -0.2) is 26.1 Å². The lowest BCUT2D eigenvalue weighted by molar-refractivity contribution is -0.0911. The predicted molar refractivity (Wildman–Crippen MR) is 21.2 cm³/mol. The van der Waals surface area contributed by atoms with E-state index in [0.29, 0.717) is 13.2 Å².